The van der Waals surface area contributed by atoms with Crippen molar-refractivity contribution >= 4 is 23.7 Å². The first-order valence-electron chi connectivity index (χ1n) is 9.01. The van der Waals surface area contributed by atoms with Crippen molar-refractivity contribution < 1.29 is 19.1 Å². The molecule has 8 N–H and O–H groups in total. The Morgan fingerprint density at radius 1 is 1.19 bits per heavy atom. The first-order valence-corrected chi connectivity index (χ1v) is 10.1. The number of carbonyl (C=O) groups excluding carboxylic acids is 2. The van der Waals surface area contributed by atoms with E-state index in [1.165, 1.54) is 0 Å². The highest BCUT2D eigenvalue weighted by Crippen LogP contribution is 2.33. The number of hydrogen-bond donors (Lipinski definition) is 5. The van der Waals surface area contributed by atoms with E-state index in [0.29, 0.717) is 51.2 Å². The van der Waals surface area contributed by atoms with Crippen molar-refractivity contribution in [1.82, 2.24) is 22.1 Å². The summed E-state index contributed by atoms with van der Waals surface area (Å²) in [6.07, 6.45) is 3.44. The Balaban J connectivity index is 0.00000338. The van der Waals surface area contributed by atoms with Crippen molar-refractivity contribution in [2.24, 2.45) is 5.73 Å². The lowest BCUT2D eigenvalue weighted by Gasteiger charge is -2.16. The van der Waals surface area contributed by atoms with Gasteiger partial charge in [0.05, 0.1) is 38.5 Å². The molecule has 3 unspecified atom stereocenters. The third kappa shape index (κ3) is 8.09. The van der Waals surface area contributed by atoms with Gasteiger partial charge in [0.15, 0.2) is 0 Å². The van der Waals surface area contributed by atoms with Gasteiger partial charge in [0, 0.05) is 30.5 Å². The second kappa shape index (κ2) is 13.2. The summed E-state index contributed by atoms with van der Waals surface area (Å²) in [5, 5.41) is 9.25. The quantitative estimate of drug-likeness (QED) is 0.219. The lowest BCUT2D eigenvalue weighted by Crippen LogP contribution is -2.36. The first-order chi connectivity index (χ1) is 12.2. The van der Waals surface area contributed by atoms with E-state index in [9.17, 15) is 9.59 Å². The van der Waals surface area contributed by atoms with Gasteiger partial charge in [0.2, 0.25) is 5.91 Å². The van der Waals surface area contributed by atoms with Crippen LogP contribution in [-0.2, 0) is 14.3 Å². The van der Waals surface area contributed by atoms with Crippen LogP contribution in [-0.4, -0.2) is 74.5 Å². The highest BCUT2D eigenvalue weighted by molar-refractivity contribution is 8.00. The summed E-state index contributed by atoms with van der Waals surface area (Å²) in [4.78, 5) is 23.1. The summed E-state index contributed by atoms with van der Waals surface area (Å²) >= 11 is 1.91. The molecule has 3 atom stereocenters. The predicted octanol–water partition coefficient (Wildman–Crippen LogP) is -0.0177. The molecule has 2 saturated heterocycles. The lowest BCUT2D eigenvalue weighted by molar-refractivity contribution is -0.121. The average molecular weight is 392 g/mol. The average Bonchev–Trinajstić information content (AvgIpc) is 3.13. The summed E-state index contributed by atoms with van der Waals surface area (Å²) in [6.45, 7) is 3.12. The molecule has 0 saturated carbocycles. The van der Waals surface area contributed by atoms with Crippen LogP contribution in [0.5, 0.6) is 0 Å². The van der Waals surface area contributed by atoms with E-state index in [2.05, 4.69) is 16.0 Å². The summed E-state index contributed by atoms with van der Waals surface area (Å²) in [5.41, 5.74) is 5.30. The number of carbonyl (C=O) groups is 2. The van der Waals surface area contributed by atoms with Crippen LogP contribution >= 0.6 is 11.8 Å². The maximum Gasteiger partial charge on any atom is 0.315 e. The minimum absolute atomic E-state index is 0. The zero-order chi connectivity index (χ0) is 17.9. The standard InChI is InChI=1S/C16H30N4O4S.H3N/c17-5-7-23-9-10-24-8-6-18-14(21)4-2-1-3-13-15-12(11-25-13)19-16(22)20-15;/h12-13,15H,1-11,17H2,(H,18,21)(H2,19,20,22);1H3. The van der Waals surface area contributed by atoms with Crippen LogP contribution in [0.25, 0.3) is 0 Å². The normalized spacial score (nSPS) is 23.7. The Morgan fingerprint density at radius 3 is 2.73 bits per heavy atom. The third-order valence-electron chi connectivity index (χ3n) is 4.28. The Morgan fingerprint density at radius 2 is 1.96 bits per heavy atom. The van der Waals surface area contributed by atoms with Crippen LogP contribution in [0.4, 0.5) is 4.79 Å². The van der Waals surface area contributed by atoms with Gasteiger partial charge in [-0.2, -0.15) is 11.8 Å². The topological polar surface area (TPSA) is 150 Å². The Hall–Kier alpha value is -1.07. The highest BCUT2D eigenvalue weighted by atomic mass is 32.2. The van der Waals surface area contributed by atoms with Gasteiger partial charge < -0.3 is 37.3 Å². The first kappa shape index (κ1) is 23.0. The molecule has 9 nitrogen and oxygen atoms in total. The summed E-state index contributed by atoms with van der Waals surface area (Å²) in [6, 6.07) is 0.469. The molecule has 2 rings (SSSR count). The highest BCUT2D eigenvalue weighted by Gasteiger charge is 2.42. The zero-order valence-electron chi connectivity index (χ0n) is 15.3. The molecule has 0 aromatic rings. The van der Waals surface area contributed by atoms with Crippen LogP contribution < -0.4 is 27.8 Å². The molecule has 152 valence electrons. The number of rotatable bonds is 13. The maximum atomic E-state index is 11.8. The Kier molecular flexibility index (Phi) is 11.6. The Labute approximate surface area is 159 Å². The lowest BCUT2D eigenvalue weighted by atomic mass is 10.0. The molecule has 3 amide bonds. The van der Waals surface area contributed by atoms with Crippen molar-refractivity contribution in [3.05, 3.63) is 0 Å². The molecule has 0 spiro atoms. The van der Waals surface area contributed by atoms with Crippen LogP contribution in [0.3, 0.4) is 0 Å². The number of nitrogens with one attached hydrogen (secondary N) is 3. The van der Waals surface area contributed by atoms with E-state index in [-0.39, 0.29) is 30.2 Å². The third-order valence-corrected chi connectivity index (χ3v) is 5.79. The fourth-order valence-electron chi connectivity index (χ4n) is 3.03. The molecular weight excluding hydrogens is 358 g/mol. The van der Waals surface area contributed by atoms with Crippen molar-refractivity contribution in [2.75, 3.05) is 45.3 Å². The van der Waals surface area contributed by atoms with Crippen LogP contribution in [0.1, 0.15) is 25.7 Å². The molecule has 2 heterocycles. The number of nitrogens with two attached hydrogens (primary N) is 1. The smallest absolute Gasteiger partial charge is 0.315 e. The number of hydrogen-bond acceptors (Lipinski definition) is 7. The number of fused-ring (bicyclic) bond motifs is 1. The molecule has 0 bridgehead atoms. The fraction of sp³-hybridized carbons (Fsp3) is 0.875. The van der Waals surface area contributed by atoms with Crippen LogP contribution in [0.15, 0.2) is 0 Å². The van der Waals surface area contributed by atoms with E-state index in [1.54, 1.807) is 0 Å². The number of amides is 3. The van der Waals surface area contributed by atoms with Gasteiger partial charge in [-0.25, -0.2) is 4.79 Å². The van der Waals surface area contributed by atoms with E-state index in [0.717, 1.165) is 25.0 Å². The molecule has 0 aromatic heterocycles. The van der Waals surface area contributed by atoms with Gasteiger partial charge in [-0.15, -0.1) is 0 Å². The van der Waals surface area contributed by atoms with Crippen molar-refractivity contribution in [1.29, 1.82) is 0 Å². The predicted molar refractivity (Wildman–Crippen MR) is 103 cm³/mol. The summed E-state index contributed by atoms with van der Waals surface area (Å²) in [7, 11) is 0. The van der Waals surface area contributed by atoms with Crippen molar-refractivity contribution in [2.45, 2.75) is 43.0 Å². The molecule has 2 aliphatic rings. The van der Waals surface area contributed by atoms with Crippen molar-refractivity contribution in [3.63, 3.8) is 0 Å². The Bertz CT molecular complexity index is 429. The maximum absolute atomic E-state index is 11.8. The number of ether oxygens (including phenoxy) is 2. The fourth-order valence-corrected chi connectivity index (χ4v) is 4.57. The second-order valence-electron chi connectivity index (χ2n) is 6.23. The van der Waals surface area contributed by atoms with Gasteiger partial charge in [-0.1, -0.05) is 6.42 Å². The molecule has 10 heteroatoms. The van der Waals surface area contributed by atoms with E-state index in [4.69, 9.17) is 15.2 Å². The summed E-state index contributed by atoms with van der Waals surface area (Å²) < 4.78 is 10.5. The number of thioether (sulfide) groups is 1. The molecule has 0 aromatic carbocycles. The van der Waals surface area contributed by atoms with Crippen molar-refractivity contribution in [3.8, 4) is 0 Å². The minimum Gasteiger partial charge on any atom is -0.378 e. The SMILES string of the molecule is N.NCCOCCOCCNC(=O)CCCCC1SCC2NC(=O)NC21. The summed E-state index contributed by atoms with van der Waals surface area (Å²) in [5.74, 6) is 1.04. The van der Waals surface area contributed by atoms with E-state index >= 15 is 0 Å². The second-order valence-corrected chi connectivity index (χ2v) is 7.50. The molecule has 2 fully saturated rings. The molecule has 0 aliphatic carbocycles. The number of unbranched alkanes of at least 4 members (excludes halogenated alkanes) is 1. The van der Waals surface area contributed by atoms with Gasteiger partial charge in [0.25, 0.3) is 0 Å². The van der Waals surface area contributed by atoms with Gasteiger partial charge in [0.1, 0.15) is 0 Å². The largest absolute Gasteiger partial charge is 0.378 e. The van der Waals surface area contributed by atoms with E-state index in [1.807, 2.05) is 11.8 Å². The molecule has 0 radical (unpaired) electrons. The number of urea groups is 1. The molecule has 2 aliphatic heterocycles. The molecule has 26 heavy (non-hydrogen) atoms. The monoisotopic (exact) mass is 391 g/mol. The van der Waals surface area contributed by atoms with E-state index < -0.39 is 0 Å². The van der Waals surface area contributed by atoms with Crippen LogP contribution in [0, 0.1) is 0 Å². The van der Waals surface area contributed by atoms with Gasteiger partial charge in [-0.3, -0.25) is 4.79 Å². The van der Waals surface area contributed by atoms with Crippen LogP contribution in [0.2, 0.25) is 0 Å². The molecular formula is C16H33N5O4S. The van der Waals surface area contributed by atoms with Gasteiger partial charge in [-0.05, 0) is 12.8 Å². The minimum atomic E-state index is -0.0483. The van der Waals surface area contributed by atoms with Gasteiger partial charge >= 0.3 is 6.03 Å². The zero-order valence-corrected chi connectivity index (χ0v) is 16.2.